The molecule has 1 aromatic carbocycles. The minimum atomic E-state index is -4.33. The van der Waals surface area contributed by atoms with Crippen LogP contribution in [0.15, 0.2) is 22.7 Å². The van der Waals surface area contributed by atoms with Gasteiger partial charge < -0.3 is 5.32 Å². The largest absolute Gasteiger partial charge is 0.390 e. The van der Waals surface area contributed by atoms with E-state index in [2.05, 4.69) is 21.2 Å². The summed E-state index contributed by atoms with van der Waals surface area (Å²) in [6.07, 6.45) is -5.37. The first-order valence-electron chi connectivity index (χ1n) is 6.34. The highest BCUT2D eigenvalue weighted by Gasteiger charge is 2.37. The molecule has 0 spiro atoms. The van der Waals surface area contributed by atoms with E-state index in [4.69, 9.17) is 0 Å². The van der Waals surface area contributed by atoms with E-state index in [1.807, 2.05) is 0 Å². The summed E-state index contributed by atoms with van der Waals surface area (Å²) < 4.78 is 52.7. The fraction of sp³-hybridized carbons (Fsp3) is 0.538. The first-order valence-corrected chi connectivity index (χ1v) is 7.13. The highest BCUT2D eigenvalue weighted by molar-refractivity contribution is 9.10. The van der Waals surface area contributed by atoms with Crippen LogP contribution in [0.1, 0.15) is 18.0 Å². The van der Waals surface area contributed by atoms with Crippen LogP contribution >= 0.6 is 40.7 Å². The van der Waals surface area contributed by atoms with Gasteiger partial charge in [0.05, 0.1) is 10.9 Å². The summed E-state index contributed by atoms with van der Waals surface area (Å²) in [6, 6.07) is 3.50. The van der Waals surface area contributed by atoms with Crippen molar-refractivity contribution in [2.45, 2.75) is 18.6 Å². The highest BCUT2D eigenvalue weighted by atomic mass is 79.9. The predicted molar refractivity (Wildman–Crippen MR) is 86.5 cm³/mol. The second-order valence-corrected chi connectivity index (χ2v) is 5.62. The lowest BCUT2D eigenvalue weighted by Crippen LogP contribution is -2.46. The van der Waals surface area contributed by atoms with Gasteiger partial charge in [0.1, 0.15) is 5.82 Å². The molecule has 0 radical (unpaired) electrons. The lowest BCUT2D eigenvalue weighted by atomic mass is 10.00. The van der Waals surface area contributed by atoms with Crippen molar-refractivity contribution in [3.8, 4) is 0 Å². The van der Waals surface area contributed by atoms with Gasteiger partial charge in [0, 0.05) is 37.8 Å². The van der Waals surface area contributed by atoms with E-state index in [-0.39, 0.29) is 34.9 Å². The second-order valence-electron chi connectivity index (χ2n) is 4.76. The van der Waals surface area contributed by atoms with Crippen molar-refractivity contribution in [1.29, 1.82) is 0 Å². The van der Waals surface area contributed by atoms with E-state index in [9.17, 15) is 17.6 Å². The molecule has 1 saturated heterocycles. The summed E-state index contributed by atoms with van der Waals surface area (Å²) >= 11 is 3.03. The summed E-state index contributed by atoms with van der Waals surface area (Å²) in [7, 11) is 0. The normalized spacial score (nSPS) is 17.3. The zero-order valence-electron chi connectivity index (χ0n) is 11.5. The van der Waals surface area contributed by atoms with Crippen molar-refractivity contribution >= 4 is 40.7 Å². The summed E-state index contributed by atoms with van der Waals surface area (Å²) in [5.74, 6) is -0.611. The van der Waals surface area contributed by atoms with Crippen molar-refractivity contribution in [3.63, 3.8) is 0 Å². The molecule has 0 aromatic heterocycles. The third-order valence-corrected chi connectivity index (χ3v) is 3.97. The molecule has 1 aliphatic rings. The van der Waals surface area contributed by atoms with Crippen molar-refractivity contribution in [2.75, 3.05) is 26.2 Å². The number of halogens is 7. The number of nitrogens with zero attached hydrogens (tertiary/aromatic N) is 1. The summed E-state index contributed by atoms with van der Waals surface area (Å²) in [5, 5.41) is 3.08. The van der Waals surface area contributed by atoms with Gasteiger partial charge in [0.15, 0.2) is 0 Å². The van der Waals surface area contributed by atoms with E-state index < -0.39 is 24.5 Å². The Morgan fingerprint density at radius 1 is 1.18 bits per heavy atom. The average Bonchev–Trinajstić information content (AvgIpc) is 2.40. The number of hydrogen-bond acceptors (Lipinski definition) is 2. The second kappa shape index (κ2) is 9.27. The Bertz CT molecular complexity index is 468. The number of hydrogen-bond donors (Lipinski definition) is 1. The molecule has 2 rings (SSSR count). The maximum absolute atomic E-state index is 14.1. The molecule has 0 unspecified atom stereocenters. The number of alkyl halides is 3. The van der Waals surface area contributed by atoms with E-state index >= 15 is 0 Å². The van der Waals surface area contributed by atoms with E-state index in [1.54, 1.807) is 11.0 Å². The lowest BCUT2D eigenvalue weighted by Gasteiger charge is -2.35. The van der Waals surface area contributed by atoms with Crippen molar-refractivity contribution in [2.24, 2.45) is 0 Å². The molecular formula is C13H17BrCl2F4N2. The highest BCUT2D eigenvalue weighted by Crippen LogP contribution is 2.36. The van der Waals surface area contributed by atoms with Gasteiger partial charge in [0.25, 0.3) is 0 Å². The molecule has 1 fully saturated rings. The van der Waals surface area contributed by atoms with Crippen LogP contribution in [0.25, 0.3) is 0 Å². The molecule has 22 heavy (non-hydrogen) atoms. The Kier molecular flexibility index (Phi) is 9.24. The van der Waals surface area contributed by atoms with Crippen LogP contribution in [0.4, 0.5) is 17.6 Å². The molecule has 1 N–H and O–H groups in total. The minimum Gasteiger partial charge on any atom is -0.314 e. The third kappa shape index (κ3) is 5.85. The number of nitrogens with one attached hydrogen (secondary N) is 1. The van der Waals surface area contributed by atoms with Gasteiger partial charge in [-0.15, -0.1) is 24.8 Å². The Balaban J connectivity index is 0.00000220. The average molecular weight is 428 g/mol. The Hall–Kier alpha value is -0.0800. The quantitative estimate of drug-likeness (QED) is 0.722. The van der Waals surface area contributed by atoms with Crippen LogP contribution in [0.5, 0.6) is 0 Å². The van der Waals surface area contributed by atoms with E-state index in [0.717, 1.165) is 0 Å². The van der Waals surface area contributed by atoms with Gasteiger partial charge in [-0.2, -0.15) is 13.2 Å². The predicted octanol–water partition coefficient (Wildman–Crippen LogP) is 4.33. The molecule has 0 bridgehead atoms. The van der Waals surface area contributed by atoms with Crippen LogP contribution in [0.2, 0.25) is 0 Å². The molecular weight excluding hydrogens is 411 g/mol. The van der Waals surface area contributed by atoms with Crippen molar-refractivity contribution < 1.29 is 17.6 Å². The first kappa shape index (κ1) is 21.9. The van der Waals surface area contributed by atoms with Crippen LogP contribution in [-0.2, 0) is 0 Å². The number of piperazine rings is 1. The van der Waals surface area contributed by atoms with Gasteiger partial charge in [0.2, 0.25) is 0 Å². The smallest absolute Gasteiger partial charge is 0.314 e. The van der Waals surface area contributed by atoms with E-state index in [1.165, 1.54) is 12.1 Å². The minimum absolute atomic E-state index is 0. The molecule has 0 amide bonds. The standard InChI is InChI=1S/C13H15BrF4N2.2ClH/c14-10-3-1-2-9(12(10)15)11(8-13(16,17)18)20-6-4-19-5-7-20;;/h1-3,11,19H,4-8H2;2*1H/t11-;;/m1../s1. The summed E-state index contributed by atoms with van der Waals surface area (Å²) in [4.78, 5) is 1.69. The molecule has 1 aliphatic heterocycles. The SMILES string of the molecule is Cl.Cl.Fc1c(Br)cccc1[C@@H](CC(F)(F)F)N1CCNCC1. The fourth-order valence-corrected chi connectivity index (χ4v) is 2.81. The monoisotopic (exact) mass is 426 g/mol. The van der Waals surface area contributed by atoms with Gasteiger partial charge >= 0.3 is 6.18 Å². The number of benzene rings is 1. The van der Waals surface area contributed by atoms with Crippen molar-refractivity contribution in [3.05, 3.63) is 34.1 Å². The Morgan fingerprint density at radius 2 is 1.77 bits per heavy atom. The summed E-state index contributed by atoms with van der Waals surface area (Å²) in [5.41, 5.74) is 0.0959. The Labute approximate surface area is 147 Å². The fourth-order valence-electron chi connectivity index (χ4n) is 2.43. The molecule has 1 atom stereocenters. The zero-order valence-corrected chi connectivity index (χ0v) is 14.7. The first-order chi connectivity index (χ1) is 9.38. The van der Waals surface area contributed by atoms with Gasteiger partial charge in [-0.25, -0.2) is 4.39 Å². The van der Waals surface area contributed by atoms with E-state index in [0.29, 0.717) is 26.2 Å². The van der Waals surface area contributed by atoms with Gasteiger partial charge in [-0.1, -0.05) is 12.1 Å². The number of rotatable bonds is 3. The van der Waals surface area contributed by atoms with Gasteiger partial charge in [-0.3, -0.25) is 4.90 Å². The summed E-state index contributed by atoms with van der Waals surface area (Å²) in [6.45, 7) is 2.19. The maximum Gasteiger partial charge on any atom is 0.390 e. The van der Waals surface area contributed by atoms with Crippen LogP contribution in [0, 0.1) is 5.82 Å². The lowest BCUT2D eigenvalue weighted by molar-refractivity contribution is -0.149. The molecule has 2 nitrogen and oxygen atoms in total. The Morgan fingerprint density at radius 3 is 2.32 bits per heavy atom. The van der Waals surface area contributed by atoms with Crippen LogP contribution in [0.3, 0.4) is 0 Å². The molecule has 1 heterocycles. The topological polar surface area (TPSA) is 15.3 Å². The van der Waals surface area contributed by atoms with Crippen LogP contribution in [-0.4, -0.2) is 37.3 Å². The van der Waals surface area contributed by atoms with Crippen LogP contribution < -0.4 is 5.32 Å². The third-order valence-electron chi connectivity index (χ3n) is 3.36. The molecule has 128 valence electrons. The zero-order chi connectivity index (χ0) is 14.8. The maximum atomic E-state index is 14.1. The van der Waals surface area contributed by atoms with Gasteiger partial charge in [-0.05, 0) is 22.0 Å². The molecule has 0 aliphatic carbocycles. The van der Waals surface area contributed by atoms with Crippen molar-refractivity contribution in [1.82, 2.24) is 10.2 Å². The molecule has 0 saturated carbocycles. The molecule has 1 aromatic rings. The molecule has 9 heteroatoms.